The van der Waals surface area contributed by atoms with Crippen LogP contribution < -0.4 is 0 Å². The van der Waals surface area contributed by atoms with Gasteiger partial charge in [0, 0.05) is 6.61 Å². The lowest BCUT2D eigenvalue weighted by Gasteiger charge is -2.32. The summed E-state index contributed by atoms with van der Waals surface area (Å²) in [6, 6.07) is 0. The van der Waals surface area contributed by atoms with E-state index in [0.29, 0.717) is 18.4 Å². The van der Waals surface area contributed by atoms with Crippen molar-refractivity contribution in [1.29, 1.82) is 0 Å². The second-order valence-electron chi connectivity index (χ2n) is 7.41. The van der Waals surface area contributed by atoms with Crippen LogP contribution in [0.5, 0.6) is 0 Å². The Morgan fingerprint density at radius 1 is 1.44 bits per heavy atom. The van der Waals surface area contributed by atoms with Gasteiger partial charge in [-0.05, 0) is 47.5 Å². The first-order valence-corrected chi connectivity index (χ1v) is 6.94. The summed E-state index contributed by atoms with van der Waals surface area (Å²) in [4.78, 5) is 12.1. The predicted molar refractivity (Wildman–Crippen MR) is 65.6 cm³/mol. The van der Waals surface area contributed by atoms with Gasteiger partial charge in [-0.3, -0.25) is 4.79 Å². The Hall–Kier alpha value is -0.830. The van der Waals surface area contributed by atoms with Crippen LogP contribution in [0.4, 0.5) is 0 Å². The van der Waals surface area contributed by atoms with E-state index in [1.165, 1.54) is 5.57 Å². The van der Waals surface area contributed by atoms with Gasteiger partial charge in [0.15, 0.2) is 0 Å². The maximum absolute atomic E-state index is 12.1. The van der Waals surface area contributed by atoms with E-state index >= 15 is 0 Å². The average molecular weight is 248 g/mol. The molecule has 1 saturated heterocycles. The molecular weight excluding hydrogens is 228 g/mol. The van der Waals surface area contributed by atoms with Gasteiger partial charge < -0.3 is 9.84 Å². The fourth-order valence-corrected chi connectivity index (χ4v) is 5.19. The molecular formula is C15H20O3. The van der Waals surface area contributed by atoms with Gasteiger partial charge in [0.25, 0.3) is 0 Å². The predicted octanol–water partition coefficient (Wildman–Crippen LogP) is 1.90. The van der Waals surface area contributed by atoms with Crippen LogP contribution in [-0.4, -0.2) is 24.3 Å². The van der Waals surface area contributed by atoms with Crippen molar-refractivity contribution in [2.45, 2.75) is 33.1 Å². The molecule has 98 valence electrons. The average Bonchev–Trinajstić information content (AvgIpc) is 2.68. The third kappa shape index (κ3) is 0.965. The van der Waals surface area contributed by atoms with Crippen molar-refractivity contribution >= 4 is 5.97 Å². The Bertz CT molecular complexity index is 482. The van der Waals surface area contributed by atoms with E-state index in [1.807, 2.05) is 0 Å². The molecule has 3 heteroatoms. The summed E-state index contributed by atoms with van der Waals surface area (Å²) in [5.74, 6) is 1.09. The first kappa shape index (κ1) is 11.0. The maximum atomic E-state index is 12.1. The van der Waals surface area contributed by atoms with Gasteiger partial charge in [0.05, 0.1) is 5.41 Å². The second kappa shape index (κ2) is 2.84. The van der Waals surface area contributed by atoms with E-state index in [2.05, 4.69) is 19.9 Å². The van der Waals surface area contributed by atoms with E-state index in [4.69, 9.17) is 4.74 Å². The molecule has 0 aromatic rings. The van der Waals surface area contributed by atoms with Crippen LogP contribution in [0.15, 0.2) is 11.6 Å². The molecule has 0 aromatic carbocycles. The summed E-state index contributed by atoms with van der Waals surface area (Å²) >= 11 is 0. The smallest absolute Gasteiger partial charge is 0.317 e. The summed E-state index contributed by atoms with van der Waals surface area (Å²) in [6.45, 7) is 5.20. The number of hydrogen-bond acceptors (Lipinski definition) is 3. The Labute approximate surface area is 107 Å². The molecule has 18 heavy (non-hydrogen) atoms. The van der Waals surface area contributed by atoms with E-state index < -0.39 is 0 Å². The molecule has 1 heterocycles. The Morgan fingerprint density at radius 2 is 2.22 bits per heavy atom. The van der Waals surface area contributed by atoms with Crippen LogP contribution in [0.1, 0.15) is 33.1 Å². The Balaban J connectivity index is 1.79. The van der Waals surface area contributed by atoms with E-state index in [9.17, 15) is 9.90 Å². The number of rotatable bonds is 1. The highest BCUT2D eigenvalue weighted by atomic mass is 16.5. The van der Waals surface area contributed by atoms with E-state index in [-0.39, 0.29) is 28.8 Å². The summed E-state index contributed by atoms with van der Waals surface area (Å²) < 4.78 is 5.30. The molecule has 1 spiro atoms. The van der Waals surface area contributed by atoms with Crippen molar-refractivity contribution in [2.24, 2.45) is 28.1 Å². The third-order valence-electron chi connectivity index (χ3n) is 6.31. The van der Waals surface area contributed by atoms with Crippen LogP contribution in [0.3, 0.4) is 0 Å². The van der Waals surface area contributed by atoms with Crippen molar-refractivity contribution < 1.29 is 14.6 Å². The number of carbonyl (C=O) groups is 1. The highest BCUT2D eigenvalue weighted by Gasteiger charge is 2.79. The molecule has 4 rings (SSSR count). The fourth-order valence-electron chi connectivity index (χ4n) is 5.19. The molecule has 3 fully saturated rings. The van der Waals surface area contributed by atoms with Crippen molar-refractivity contribution in [3.05, 3.63) is 11.6 Å². The summed E-state index contributed by atoms with van der Waals surface area (Å²) in [5, 5.41) is 9.60. The number of aliphatic hydroxyl groups is 1. The molecule has 0 amide bonds. The largest absolute Gasteiger partial charge is 0.460 e. The van der Waals surface area contributed by atoms with Crippen molar-refractivity contribution in [2.75, 3.05) is 13.2 Å². The summed E-state index contributed by atoms with van der Waals surface area (Å²) in [5.41, 5.74) is 1.11. The molecule has 1 aliphatic heterocycles. The zero-order valence-corrected chi connectivity index (χ0v) is 11.0. The summed E-state index contributed by atoms with van der Waals surface area (Å²) in [6.07, 6.45) is 5.37. The lowest BCUT2D eigenvalue weighted by Crippen LogP contribution is -2.31. The van der Waals surface area contributed by atoms with Gasteiger partial charge in [-0.25, -0.2) is 0 Å². The van der Waals surface area contributed by atoms with Crippen LogP contribution >= 0.6 is 0 Å². The zero-order valence-electron chi connectivity index (χ0n) is 11.0. The third-order valence-corrected chi connectivity index (χ3v) is 6.31. The quantitative estimate of drug-likeness (QED) is 0.569. The topological polar surface area (TPSA) is 46.5 Å². The zero-order chi connectivity index (χ0) is 12.8. The number of hydrogen-bond donors (Lipinski definition) is 1. The number of allylic oxidation sites excluding steroid dienone is 1. The number of aliphatic hydroxyl groups excluding tert-OH is 1. The minimum Gasteiger partial charge on any atom is -0.460 e. The molecule has 1 N–H and O–H groups in total. The molecule has 0 aromatic heterocycles. The first-order chi connectivity index (χ1) is 8.45. The first-order valence-electron chi connectivity index (χ1n) is 6.94. The number of fused-ring (bicyclic) bond motifs is 2. The second-order valence-corrected chi connectivity index (χ2v) is 7.41. The standard InChI is InChI=1S/C15H20O3/c1-13(8-16)4-9-3-10-6-18-12(17)15(10)7-14(15,2)11(9)5-13/h3,9,11,16H,4-8H2,1-2H3. The van der Waals surface area contributed by atoms with Crippen LogP contribution in [0.2, 0.25) is 0 Å². The normalized spacial score (nSPS) is 56.4. The maximum Gasteiger partial charge on any atom is 0.317 e. The highest BCUT2D eigenvalue weighted by molar-refractivity contribution is 5.89. The number of carbonyl (C=O) groups excluding carboxylic acids is 1. The lowest BCUT2D eigenvalue weighted by atomic mass is 9.70. The van der Waals surface area contributed by atoms with Gasteiger partial charge in [-0.15, -0.1) is 0 Å². The molecule has 4 aliphatic rings. The van der Waals surface area contributed by atoms with Gasteiger partial charge in [-0.2, -0.15) is 0 Å². The molecule has 5 atom stereocenters. The summed E-state index contributed by atoms with van der Waals surface area (Å²) in [7, 11) is 0. The van der Waals surface area contributed by atoms with Gasteiger partial charge >= 0.3 is 5.97 Å². The van der Waals surface area contributed by atoms with Crippen molar-refractivity contribution in [3.63, 3.8) is 0 Å². The monoisotopic (exact) mass is 248 g/mol. The van der Waals surface area contributed by atoms with Gasteiger partial charge in [-0.1, -0.05) is 19.9 Å². The Kier molecular flexibility index (Phi) is 1.74. The molecule has 3 aliphatic carbocycles. The Morgan fingerprint density at radius 3 is 2.94 bits per heavy atom. The SMILES string of the molecule is CC1(CO)CC2C=C3COC(=O)C34CC4(C)C2C1. The lowest BCUT2D eigenvalue weighted by molar-refractivity contribution is -0.143. The highest BCUT2D eigenvalue weighted by Crippen LogP contribution is 2.79. The number of esters is 1. The van der Waals surface area contributed by atoms with Crippen LogP contribution in [0, 0.1) is 28.1 Å². The van der Waals surface area contributed by atoms with Crippen molar-refractivity contribution in [1.82, 2.24) is 0 Å². The van der Waals surface area contributed by atoms with E-state index in [1.54, 1.807) is 0 Å². The minimum atomic E-state index is -0.269. The molecule has 3 nitrogen and oxygen atoms in total. The van der Waals surface area contributed by atoms with E-state index in [0.717, 1.165) is 19.3 Å². The van der Waals surface area contributed by atoms with Gasteiger partial charge in [0.1, 0.15) is 6.61 Å². The molecule has 5 unspecified atom stereocenters. The number of cyclic esters (lactones) is 1. The number of ether oxygens (including phenoxy) is 1. The minimum absolute atomic E-state index is 0.00676. The van der Waals surface area contributed by atoms with Crippen LogP contribution in [0.25, 0.3) is 0 Å². The fraction of sp³-hybridized carbons (Fsp3) is 0.800. The van der Waals surface area contributed by atoms with Crippen LogP contribution in [-0.2, 0) is 9.53 Å². The molecule has 0 radical (unpaired) electrons. The van der Waals surface area contributed by atoms with Gasteiger partial charge in [0.2, 0.25) is 0 Å². The molecule has 0 bridgehead atoms. The van der Waals surface area contributed by atoms with Crippen molar-refractivity contribution in [3.8, 4) is 0 Å². The molecule has 2 saturated carbocycles.